The van der Waals surface area contributed by atoms with Gasteiger partial charge in [-0.3, -0.25) is 9.48 Å². The third kappa shape index (κ3) is 4.22. The summed E-state index contributed by atoms with van der Waals surface area (Å²) >= 11 is 6.26. The van der Waals surface area contributed by atoms with Crippen LogP contribution in [-0.2, 0) is 6.54 Å². The standard InChI is InChI=1S/C19H25ClN4O.ClH/c1-13-18(19(25)23-9-8-15(11-23)10-21-3)14(2)24(22-13)12-16-6-4-5-7-17(16)20;/h4-7,15,21H,8-12H2,1-3H3;1H. The van der Waals surface area contributed by atoms with Crippen molar-refractivity contribution in [1.82, 2.24) is 20.0 Å². The summed E-state index contributed by atoms with van der Waals surface area (Å²) < 4.78 is 1.88. The van der Waals surface area contributed by atoms with E-state index in [2.05, 4.69) is 10.4 Å². The molecule has 1 atom stereocenters. The van der Waals surface area contributed by atoms with Crippen molar-refractivity contribution in [2.75, 3.05) is 26.7 Å². The van der Waals surface area contributed by atoms with E-state index >= 15 is 0 Å². The van der Waals surface area contributed by atoms with E-state index in [0.717, 1.165) is 53.6 Å². The van der Waals surface area contributed by atoms with E-state index in [1.165, 1.54) is 0 Å². The number of hydrogen-bond donors (Lipinski definition) is 1. The molecule has 2 aromatic rings. The summed E-state index contributed by atoms with van der Waals surface area (Å²) in [7, 11) is 1.96. The topological polar surface area (TPSA) is 50.2 Å². The third-order valence-electron chi connectivity index (χ3n) is 4.94. The van der Waals surface area contributed by atoms with Gasteiger partial charge in [0.1, 0.15) is 0 Å². The molecule has 26 heavy (non-hydrogen) atoms. The number of nitrogens with zero attached hydrogens (tertiary/aromatic N) is 3. The maximum Gasteiger partial charge on any atom is 0.257 e. The Balaban J connectivity index is 0.00000243. The van der Waals surface area contributed by atoms with Crippen LogP contribution in [0.1, 0.15) is 33.7 Å². The largest absolute Gasteiger partial charge is 0.338 e. The molecule has 2 heterocycles. The number of aromatic nitrogens is 2. The Morgan fingerprint density at radius 3 is 2.77 bits per heavy atom. The van der Waals surface area contributed by atoms with E-state index in [1.54, 1.807) is 0 Å². The van der Waals surface area contributed by atoms with Crippen LogP contribution in [0.2, 0.25) is 5.02 Å². The van der Waals surface area contributed by atoms with Crippen molar-refractivity contribution in [3.63, 3.8) is 0 Å². The molecule has 0 bridgehead atoms. The van der Waals surface area contributed by atoms with Crippen molar-refractivity contribution < 1.29 is 4.79 Å². The summed E-state index contributed by atoms with van der Waals surface area (Å²) in [6, 6.07) is 7.74. The van der Waals surface area contributed by atoms with Gasteiger partial charge in [0.2, 0.25) is 0 Å². The summed E-state index contributed by atoms with van der Waals surface area (Å²) in [5.41, 5.74) is 3.42. The van der Waals surface area contributed by atoms with Crippen molar-refractivity contribution in [2.45, 2.75) is 26.8 Å². The molecule has 1 saturated heterocycles. The van der Waals surface area contributed by atoms with Gasteiger partial charge >= 0.3 is 0 Å². The summed E-state index contributed by atoms with van der Waals surface area (Å²) in [6.07, 6.45) is 1.05. The van der Waals surface area contributed by atoms with Crippen LogP contribution in [0.4, 0.5) is 0 Å². The smallest absolute Gasteiger partial charge is 0.257 e. The Bertz CT molecular complexity index is 775. The predicted octanol–water partition coefficient (Wildman–Crippen LogP) is 3.30. The quantitative estimate of drug-likeness (QED) is 0.842. The van der Waals surface area contributed by atoms with Crippen molar-refractivity contribution in [3.05, 3.63) is 51.8 Å². The van der Waals surface area contributed by atoms with Gasteiger partial charge < -0.3 is 10.2 Å². The first-order valence-corrected chi connectivity index (χ1v) is 9.10. The highest BCUT2D eigenvalue weighted by atomic mass is 35.5. The van der Waals surface area contributed by atoms with Gasteiger partial charge in [-0.25, -0.2) is 0 Å². The highest BCUT2D eigenvalue weighted by Gasteiger charge is 2.30. The van der Waals surface area contributed by atoms with Crippen LogP contribution in [0, 0.1) is 19.8 Å². The SMILES string of the molecule is CNCC1CCN(C(=O)c2c(C)nn(Cc3ccccc3Cl)c2C)C1.Cl. The van der Waals surface area contributed by atoms with Crippen LogP contribution in [0.15, 0.2) is 24.3 Å². The molecule has 1 N–H and O–H groups in total. The second kappa shape index (κ2) is 8.89. The zero-order valence-electron chi connectivity index (χ0n) is 15.5. The number of carbonyl (C=O) groups is 1. The van der Waals surface area contributed by atoms with E-state index in [-0.39, 0.29) is 18.3 Å². The van der Waals surface area contributed by atoms with E-state index in [1.807, 2.05) is 54.7 Å². The summed E-state index contributed by atoms with van der Waals surface area (Å²) in [6.45, 7) is 7.03. The molecule has 1 unspecified atom stereocenters. The molecular formula is C19H26Cl2N4O. The van der Waals surface area contributed by atoms with E-state index in [0.29, 0.717) is 12.5 Å². The van der Waals surface area contributed by atoms with E-state index in [9.17, 15) is 4.79 Å². The van der Waals surface area contributed by atoms with Crippen LogP contribution in [-0.4, -0.2) is 47.3 Å². The second-order valence-electron chi connectivity index (χ2n) is 6.76. The average molecular weight is 397 g/mol. The number of benzene rings is 1. The first-order valence-electron chi connectivity index (χ1n) is 8.72. The number of carbonyl (C=O) groups excluding carboxylic acids is 1. The molecule has 0 aliphatic carbocycles. The van der Waals surface area contributed by atoms with Crippen LogP contribution >= 0.6 is 24.0 Å². The zero-order valence-corrected chi connectivity index (χ0v) is 17.0. The normalized spacial score (nSPS) is 16.6. The first kappa shape index (κ1) is 20.7. The monoisotopic (exact) mass is 396 g/mol. The summed E-state index contributed by atoms with van der Waals surface area (Å²) in [5.74, 6) is 0.631. The van der Waals surface area contributed by atoms with Crippen LogP contribution in [0.3, 0.4) is 0 Å². The van der Waals surface area contributed by atoms with Gasteiger partial charge in [0, 0.05) is 23.8 Å². The minimum absolute atomic E-state index is 0. The maximum atomic E-state index is 13.0. The second-order valence-corrected chi connectivity index (χ2v) is 7.17. The molecule has 1 amide bonds. The fraction of sp³-hybridized carbons (Fsp3) is 0.474. The lowest BCUT2D eigenvalue weighted by atomic mass is 10.1. The number of aryl methyl sites for hydroxylation is 1. The van der Waals surface area contributed by atoms with Gasteiger partial charge in [0.05, 0.1) is 17.8 Å². The van der Waals surface area contributed by atoms with Gasteiger partial charge in [0.15, 0.2) is 0 Å². The number of amides is 1. The summed E-state index contributed by atoms with van der Waals surface area (Å²) in [4.78, 5) is 15.0. The molecule has 1 aliphatic rings. The molecule has 1 fully saturated rings. The molecule has 0 saturated carbocycles. The lowest BCUT2D eigenvalue weighted by Crippen LogP contribution is -2.31. The van der Waals surface area contributed by atoms with E-state index < -0.39 is 0 Å². The van der Waals surface area contributed by atoms with Gasteiger partial charge in [-0.1, -0.05) is 29.8 Å². The highest BCUT2D eigenvalue weighted by molar-refractivity contribution is 6.31. The Morgan fingerprint density at radius 1 is 1.35 bits per heavy atom. The fourth-order valence-corrected chi connectivity index (χ4v) is 3.77. The summed E-state index contributed by atoms with van der Waals surface area (Å²) in [5, 5.41) is 8.51. The molecule has 142 valence electrons. The Morgan fingerprint density at radius 2 is 2.08 bits per heavy atom. The molecule has 1 aromatic heterocycles. The maximum absolute atomic E-state index is 13.0. The third-order valence-corrected chi connectivity index (χ3v) is 5.31. The lowest BCUT2D eigenvalue weighted by molar-refractivity contribution is 0.0785. The van der Waals surface area contributed by atoms with Crippen molar-refractivity contribution in [2.24, 2.45) is 5.92 Å². The fourth-order valence-electron chi connectivity index (χ4n) is 3.58. The first-order chi connectivity index (χ1) is 12.0. The molecular weight excluding hydrogens is 371 g/mol. The van der Waals surface area contributed by atoms with Crippen molar-refractivity contribution >= 4 is 29.9 Å². The van der Waals surface area contributed by atoms with Gasteiger partial charge in [0.25, 0.3) is 5.91 Å². The van der Waals surface area contributed by atoms with Crippen LogP contribution in [0.25, 0.3) is 0 Å². The number of nitrogens with one attached hydrogen (secondary N) is 1. The van der Waals surface area contributed by atoms with Crippen molar-refractivity contribution in [3.8, 4) is 0 Å². The molecule has 0 spiro atoms. The number of rotatable bonds is 5. The molecule has 7 heteroatoms. The number of hydrogen-bond acceptors (Lipinski definition) is 3. The molecule has 1 aromatic carbocycles. The Hall–Kier alpha value is -1.56. The highest BCUT2D eigenvalue weighted by Crippen LogP contribution is 2.23. The lowest BCUT2D eigenvalue weighted by Gasteiger charge is -2.17. The number of halogens is 2. The Kier molecular flexibility index (Phi) is 7.09. The average Bonchev–Trinajstić information content (AvgIpc) is 3.15. The van der Waals surface area contributed by atoms with Crippen LogP contribution in [0.5, 0.6) is 0 Å². The predicted molar refractivity (Wildman–Crippen MR) is 107 cm³/mol. The molecule has 3 rings (SSSR count). The Labute approximate surface area is 166 Å². The van der Waals surface area contributed by atoms with Gasteiger partial charge in [-0.05, 0) is 51.4 Å². The molecule has 0 radical (unpaired) electrons. The number of likely N-dealkylation sites (tertiary alicyclic amines) is 1. The minimum Gasteiger partial charge on any atom is -0.338 e. The van der Waals surface area contributed by atoms with E-state index in [4.69, 9.17) is 11.6 Å². The molecule has 1 aliphatic heterocycles. The zero-order chi connectivity index (χ0) is 18.0. The van der Waals surface area contributed by atoms with Gasteiger partial charge in [-0.15, -0.1) is 12.4 Å². The van der Waals surface area contributed by atoms with Crippen LogP contribution < -0.4 is 5.32 Å². The van der Waals surface area contributed by atoms with Crippen molar-refractivity contribution in [1.29, 1.82) is 0 Å². The van der Waals surface area contributed by atoms with Gasteiger partial charge in [-0.2, -0.15) is 5.10 Å². The minimum atomic E-state index is 0. The molecule has 5 nitrogen and oxygen atoms in total.